The van der Waals surface area contributed by atoms with Crippen molar-refractivity contribution in [2.45, 2.75) is 19.5 Å². The highest BCUT2D eigenvalue weighted by Crippen LogP contribution is 2.12. The first-order valence-corrected chi connectivity index (χ1v) is 8.28. The molecule has 1 amide bonds. The first-order valence-electron chi connectivity index (χ1n) is 8.28. The van der Waals surface area contributed by atoms with Crippen LogP contribution in [0.4, 0.5) is 4.39 Å². The second-order valence-corrected chi connectivity index (χ2v) is 5.94. The highest BCUT2D eigenvalue weighted by atomic mass is 19.1. The fourth-order valence-corrected chi connectivity index (χ4v) is 2.49. The van der Waals surface area contributed by atoms with Gasteiger partial charge in [0.25, 0.3) is 0 Å². The molecule has 0 spiro atoms. The topological polar surface area (TPSA) is 59.8 Å². The van der Waals surface area contributed by atoms with Gasteiger partial charge in [0.2, 0.25) is 5.91 Å². The molecule has 1 atom stereocenters. The Morgan fingerprint density at radius 3 is 2.65 bits per heavy atom. The van der Waals surface area contributed by atoms with Gasteiger partial charge in [0, 0.05) is 6.08 Å². The van der Waals surface area contributed by atoms with E-state index in [9.17, 15) is 9.18 Å². The van der Waals surface area contributed by atoms with Crippen molar-refractivity contribution in [3.8, 4) is 0 Å². The molecule has 0 fully saturated rings. The fourth-order valence-electron chi connectivity index (χ4n) is 2.49. The molecular formula is C20H19FN4O. The van der Waals surface area contributed by atoms with E-state index in [4.69, 9.17) is 0 Å². The lowest BCUT2D eigenvalue weighted by atomic mass is 10.1. The summed E-state index contributed by atoms with van der Waals surface area (Å²) in [5.41, 5.74) is 2.56. The van der Waals surface area contributed by atoms with Crippen LogP contribution in [0.2, 0.25) is 0 Å². The molecule has 3 rings (SSSR count). The molecule has 0 unspecified atom stereocenters. The summed E-state index contributed by atoms with van der Waals surface area (Å²) in [6.45, 7) is 2.46. The van der Waals surface area contributed by atoms with Crippen molar-refractivity contribution in [2.75, 3.05) is 0 Å². The number of carbonyl (C=O) groups is 1. The van der Waals surface area contributed by atoms with Crippen molar-refractivity contribution in [1.29, 1.82) is 0 Å². The summed E-state index contributed by atoms with van der Waals surface area (Å²) in [4.78, 5) is 12.0. The number of hydrogen-bond donors (Lipinski definition) is 1. The predicted octanol–water partition coefficient (Wildman–Crippen LogP) is 3.36. The minimum Gasteiger partial charge on any atom is -0.346 e. The van der Waals surface area contributed by atoms with E-state index in [1.807, 2.05) is 37.3 Å². The summed E-state index contributed by atoms with van der Waals surface area (Å²) in [5, 5.41) is 10.9. The SMILES string of the molecule is C[C@@H](NC(=O)/C=C/c1cn(Cc2ccccc2)nn1)c1ccc(F)cc1. The van der Waals surface area contributed by atoms with Gasteiger partial charge in [0.15, 0.2) is 0 Å². The number of benzene rings is 2. The maximum absolute atomic E-state index is 12.9. The highest BCUT2D eigenvalue weighted by Gasteiger charge is 2.07. The van der Waals surface area contributed by atoms with Crippen LogP contribution in [0.15, 0.2) is 66.9 Å². The molecule has 5 nitrogen and oxygen atoms in total. The Kier molecular flexibility index (Phi) is 5.53. The molecule has 1 aromatic heterocycles. The molecular weight excluding hydrogens is 331 g/mol. The Labute approximate surface area is 151 Å². The standard InChI is InChI=1S/C20H19FN4O/c1-15(17-7-9-18(21)10-8-17)22-20(26)12-11-19-14-25(24-23-19)13-16-5-3-2-4-6-16/h2-12,14-15H,13H2,1H3,(H,22,26)/b12-11+/t15-/m1/s1. The van der Waals surface area contributed by atoms with Crippen LogP contribution in [0.5, 0.6) is 0 Å². The maximum Gasteiger partial charge on any atom is 0.244 e. The third-order valence-corrected chi connectivity index (χ3v) is 3.88. The lowest BCUT2D eigenvalue weighted by molar-refractivity contribution is -0.117. The Morgan fingerprint density at radius 2 is 1.92 bits per heavy atom. The van der Waals surface area contributed by atoms with Crippen molar-refractivity contribution in [1.82, 2.24) is 20.3 Å². The summed E-state index contributed by atoms with van der Waals surface area (Å²) in [6, 6.07) is 15.8. The number of nitrogens with one attached hydrogen (secondary N) is 1. The summed E-state index contributed by atoms with van der Waals surface area (Å²) in [5.74, 6) is -0.551. The summed E-state index contributed by atoms with van der Waals surface area (Å²) < 4.78 is 14.7. The predicted molar refractivity (Wildman–Crippen MR) is 97.6 cm³/mol. The molecule has 132 valence electrons. The largest absolute Gasteiger partial charge is 0.346 e. The number of nitrogens with zero attached hydrogens (tertiary/aromatic N) is 3. The molecule has 1 N–H and O–H groups in total. The van der Waals surface area contributed by atoms with Crippen molar-refractivity contribution in [2.24, 2.45) is 0 Å². The van der Waals surface area contributed by atoms with Gasteiger partial charge in [-0.05, 0) is 36.3 Å². The van der Waals surface area contributed by atoms with E-state index < -0.39 is 0 Å². The highest BCUT2D eigenvalue weighted by molar-refractivity contribution is 5.91. The molecule has 0 radical (unpaired) electrons. The summed E-state index contributed by atoms with van der Waals surface area (Å²) in [6.07, 6.45) is 4.80. The van der Waals surface area contributed by atoms with E-state index in [0.717, 1.165) is 11.1 Å². The molecule has 0 bridgehead atoms. The molecule has 0 saturated carbocycles. The first-order chi connectivity index (χ1) is 12.6. The quantitative estimate of drug-likeness (QED) is 0.694. The fraction of sp³-hybridized carbons (Fsp3) is 0.150. The molecule has 0 aliphatic heterocycles. The zero-order chi connectivity index (χ0) is 18.4. The third kappa shape index (κ3) is 4.86. The lowest BCUT2D eigenvalue weighted by Crippen LogP contribution is -2.24. The normalized spacial score (nSPS) is 12.2. The van der Waals surface area contributed by atoms with Gasteiger partial charge in [0.05, 0.1) is 18.8 Å². The minimum atomic E-state index is -0.300. The molecule has 3 aromatic rings. The summed E-state index contributed by atoms with van der Waals surface area (Å²) >= 11 is 0. The van der Waals surface area contributed by atoms with Gasteiger partial charge in [-0.25, -0.2) is 9.07 Å². The van der Waals surface area contributed by atoms with Crippen LogP contribution in [0.3, 0.4) is 0 Å². The second-order valence-electron chi connectivity index (χ2n) is 5.94. The third-order valence-electron chi connectivity index (χ3n) is 3.88. The second kappa shape index (κ2) is 8.20. The van der Waals surface area contributed by atoms with Crippen molar-refractivity contribution in [3.63, 3.8) is 0 Å². The van der Waals surface area contributed by atoms with E-state index >= 15 is 0 Å². The van der Waals surface area contributed by atoms with Crippen LogP contribution in [0, 0.1) is 5.82 Å². The van der Waals surface area contributed by atoms with Crippen LogP contribution >= 0.6 is 0 Å². The molecule has 2 aromatic carbocycles. The Balaban J connectivity index is 1.55. The molecule has 0 aliphatic carbocycles. The molecule has 26 heavy (non-hydrogen) atoms. The van der Waals surface area contributed by atoms with Gasteiger partial charge >= 0.3 is 0 Å². The van der Waals surface area contributed by atoms with Gasteiger partial charge < -0.3 is 5.32 Å². The number of halogens is 1. The number of amides is 1. The maximum atomic E-state index is 12.9. The summed E-state index contributed by atoms with van der Waals surface area (Å²) in [7, 11) is 0. The van der Waals surface area contributed by atoms with Crippen LogP contribution in [0.1, 0.15) is 29.8 Å². The van der Waals surface area contributed by atoms with Gasteiger partial charge in [0.1, 0.15) is 11.5 Å². The molecule has 0 aliphatic rings. The number of hydrogen-bond acceptors (Lipinski definition) is 3. The van der Waals surface area contributed by atoms with Gasteiger partial charge in [-0.15, -0.1) is 5.10 Å². The van der Waals surface area contributed by atoms with E-state index in [-0.39, 0.29) is 17.8 Å². The van der Waals surface area contributed by atoms with Crippen LogP contribution in [-0.2, 0) is 11.3 Å². The van der Waals surface area contributed by atoms with Crippen LogP contribution in [-0.4, -0.2) is 20.9 Å². The number of carbonyl (C=O) groups excluding carboxylic acids is 1. The molecule has 1 heterocycles. The Morgan fingerprint density at radius 1 is 1.19 bits per heavy atom. The van der Waals surface area contributed by atoms with Crippen LogP contribution < -0.4 is 5.32 Å². The van der Waals surface area contributed by atoms with E-state index in [0.29, 0.717) is 12.2 Å². The zero-order valence-corrected chi connectivity index (χ0v) is 14.3. The van der Waals surface area contributed by atoms with Gasteiger partial charge in [-0.1, -0.05) is 47.7 Å². The van der Waals surface area contributed by atoms with Crippen molar-refractivity contribution in [3.05, 3.63) is 89.5 Å². The average molecular weight is 350 g/mol. The Bertz CT molecular complexity index is 888. The number of rotatable bonds is 6. The van der Waals surface area contributed by atoms with Crippen LogP contribution in [0.25, 0.3) is 6.08 Å². The average Bonchev–Trinajstić information content (AvgIpc) is 3.09. The molecule has 0 saturated heterocycles. The van der Waals surface area contributed by atoms with E-state index in [1.165, 1.54) is 18.2 Å². The molecule has 6 heteroatoms. The zero-order valence-electron chi connectivity index (χ0n) is 14.3. The van der Waals surface area contributed by atoms with Crippen molar-refractivity contribution >= 4 is 12.0 Å². The van der Waals surface area contributed by atoms with E-state index in [2.05, 4.69) is 15.6 Å². The monoisotopic (exact) mass is 350 g/mol. The van der Waals surface area contributed by atoms with Gasteiger partial charge in [-0.2, -0.15) is 0 Å². The lowest BCUT2D eigenvalue weighted by Gasteiger charge is -2.12. The Hall–Kier alpha value is -3.28. The number of aromatic nitrogens is 3. The van der Waals surface area contributed by atoms with Crippen molar-refractivity contribution < 1.29 is 9.18 Å². The smallest absolute Gasteiger partial charge is 0.244 e. The van der Waals surface area contributed by atoms with E-state index in [1.54, 1.807) is 29.1 Å². The minimum absolute atomic E-state index is 0.221. The first kappa shape index (κ1) is 17.5. The van der Waals surface area contributed by atoms with Gasteiger partial charge in [-0.3, -0.25) is 4.79 Å².